The second-order valence-corrected chi connectivity index (χ2v) is 3.14. The minimum Gasteiger partial charge on any atom is -0.476 e. The van der Waals surface area contributed by atoms with E-state index in [0.717, 1.165) is 0 Å². The predicted octanol–water partition coefficient (Wildman–Crippen LogP) is 1.65. The summed E-state index contributed by atoms with van der Waals surface area (Å²) in [6.45, 7) is 1.49. The van der Waals surface area contributed by atoms with Crippen molar-refractivity contribution >= 4 is 5.97 Å². The number of nitro groups is 1. The molecule has 80 valence electrons. The van der Waals surface area contributed by atoms with Gasteiger partial charge in [-0.15, -0.1) is 0 Å². The smallest absolute Gasteiger partial charge is 0.387 e. The molecule has 0 fully saturated rings. The SMILES string of the molecule is CCC(C(=O)O)(c1ccccc1)[N+](=O)[O-]. The van der Waals surface area contributed by atoms with E-state index in [9.17, 15) is 14.9 Å². The van der Waals surface area contributed by atoms with Gasteiger partial charge in [0.15, 0.2) is 0 Å². The van der Waals surface area contributed by atoms with Crippen molar-refractivity contribution in [1.82, 2.24) is 0 Å². The van der Waals surface area contributed by atoms with Gasteiger partial charge in [-0.2, -0.15) is 0 Å². The molecular weight excluding hydrogens is 198 g/mol. The summed E-state index contributed by atoms with van der Waals surface area (Å²) in [5, 5.41) is 19.9. The van der Waals surface area contributed by atoms with Crippen molar-refractivity contribution in [2.45, 2.75) is 18.9 Å². The minimum atomic E-state index is -2.03. The Labute approximate surface area is 86.5 Å². The molecule has 0 saturated heterocycles. The minimum absolute atomic E-state index is 0.0840. The van der Waals surface area contributed by atoms with Crippen LogP contribution in [0.1, 0.15) is 18.9 Å². The number of hydrogen-bond acceptors (Lipinski definition) is 3. The summed E-state index contributed by atoms with van der Waals surface area (Å²) in [6, 6.07) is 7.78. The van der Waals surface area contributed by atoms with Crippen LogP contribution in [-0.4, -0.2) is 16.0 Å². The molecule has 0 heterocycles. The molecule has 0 aliphatic heterocycles. The van der Waals surface area contributed by atoms with Crippen molar-refractivity contribution < 1.29 is 14.8 Å². The van der Waals surface area contributed by atoms with Crippen LogP contribution in [0.5, 0.6) is 0 Å². The Morgan fingerprint density at radius 1 is 1.47 bits per heavy atom. The Morgan fingerprint density at radius 2 is 2.00 bits per heavy atom. The van der Waals surface area contributed by atoms with E-state index in [0.29, 0.717) is 0 Å². The highest BCUT2D eigenvalue weighted by molar-refractivity contribution is 5.79. The first-order valence-corrected chi connectivity index (χ1v) is 4.49. The zero-order chi connectivity index (χ0) is 11.5. The molecule has 1 aromatic carbocycles. The van der Waals surface area contributed by atoms with Crippen LogP contribution in [0.4, 0.5) is 0 Å². The molecule has 0 bridgehead atoms. The van der Waals surface area contributed by atoms with Crippen LogP contribution in [0.25, 0.3) is 0 Å². The maximum absolute atomic E-state index is 11.1. The first-order valence-electron chi connectivity index (χ1n) is 4.49. The van der Waals surface area contributed by atoms with Crippen LogP contribution in [-0.2, 0) is 10.3 Å². The van der Waals surface area contributed by atoms with E-state index in [2.05, 4.69) is 0 Å². The predicted molar refractivity (Wildman–Crippen MR) is 53.0 cm³/mol. The Morgan fingerprint density at radius 3 is 2.33 bits per heavy atom. The van der Waals surface area contributed by atoms with Crippen LogP contribution >= 0.6 is 0 Å². The van der Waals surface area contributed by atoms with Gasteiger partial charge in [-0.1, -0.05) is 37.3 Å². The number of rotatable bonds is 4. The maximum Gasteiger partial charge on any atom is 0.387 e. The highest BCUT2D eigenvalue weighted by atomic mass is 16.6. The lowest BCUT2D eigenvalue weighted by atomic mass is 9.88. The topological polar surface area (TPSA) is 80.4 Å². The lowest BCUT2D eigenvalue weighted by Gasteiger charge is -2.19. The van der Waals surface area contributed by atoms with Crippen molar-refractivity contribution in [3.8, 4) is 0 Å². The summed E-state index contributed by atoms with van der Waals surface area (Å²) in [7, 11) is 0. The fraction of sp³-hybridized carbons (Fsp3) is 0.300. The molecule has 0 radical (unpaired) electrons. The van der Waals surface area contributed by atoms with Gasteiger partial charge in [-0.25, -0.2) is 4.79 Å². The van der Waals surface area contributed by atoms with Crippen molar-refractivity contribution in [2.24, 2.45) is 0 Å². The van der Waals surface area contributed by atoms with Gasteiger partial charge in [0.2, 0.25) is 0 Å². The number of benzene rings is 1. The van der Waals surface area contributed by atoms with E-state index in [1.54, 1.807) is 18.2 Å². The normalized spacial score (nSPS) is 14.2. The van der Waals surface area contributed by atoms with Gasteiger partial charge in [0.1, 0.15) is 0 Å². The molecule has 0 aliphatic rings. The molecular formula is C10H11NO4. The molecule has 0 spiro atoms. The average Bonchev–Trinajstić information content (AvgIpc) is 2.20. The van der Waals surface area contributed by atoms with Crippen LogP contribution in [0.3, 0.4) is 0 Å². The van der Waals surface area contributed by atoms with E-state index in [1.165, 1.54) is 19.1 Å². The molecule has 5 nitrogen and oxygen atoms in total. The summed E-state index contributed by atoms with van der Waals surface area (Å²) < 4.78 is 0. The molecule has 1 rings (SSSR count). The van der Waals surface area contributed by atoms with Gasteiger partial charge in [-0.05, 0) is 0 Å². The maximum atomic E-state index is 11.1. The summed E-state index contributed by atoms with van der Waals surface area (Å²) in [6.07, 6.45) is -0.0840. The number of aliphatic carboxylic acids is 1. The first kappa shape index (κ1) is 11.2. The molecule has 0 amide bonds. The Bertz CT molecular complexity index is 360. The number of hydrogen-bond donors (Lipinski definition) is 1. The van der Waals surface area contributed by atoms with Gasteiger partial charge < -0.3 is 5.11 Å². The zero-order valence-electron chi connectivity index (χ0n) is 8.21. The zero-order valence-corrected chi connectivity index (χ0v) is 8.21. The molecule has 0 aliphatic carbocycles. The number of nitrogens with zero attached hydrogens (tertiary/aromatic N) is 1. The number of carboxylic acid groups (broad SMARTS) is 1. The highest BCUT2D eigenvalue weighted by Crippen LogP contribution is 2.28. The van der Waals surface area contributed by atoms with Gasteiger partial charge in [0, 0.05) is 16.9 Å². The molecule has 1 unspecified atom stereocenters. The summed E-state index contributed by atoms with van der Waals surface area (Å²) in [5.74, 6) is -1.43. The van der Waals surface area contributed by atoms with E-state index >= 15 is 0 Å². The van der Waals surface area contributed by atoms with Gasteiger partial charge in [-0.3, -0.25) is 10.1 Å². The Kier molecular flexibility index (Phi) is 3.04. The van der Waals surface area contributed by atoms with E-state index in [-0.39, 0.29) is 12.0 Å². The number of carbonyl (C=O) groups is 1. The first-order chi connectivity index (χ1) is 7.05. The van der Waals surface area contributed by atoms with Crippen molar-refractivity contribution in [3.63, 3.8) is 0 Å². The van der Waals surface area contributed by atoms with Crippen molar-refractivity contribution in [1.29, 1.82) is 0 Å². The van der Waals surface area contributed by atoms with Crippen LogP contribution in [0.2, 0.25) is 0 Å². The number of carboxylic acids is 1. The fourth-order valence-electron chi connectivity index (χ4n) is 1.51. The second-order valence-electron chi connectivity index (χ2n) is 3.14. The third-order valence-corrected chi connectivity index (χ3v) is 2.43. The largest absolute Gasteiger partial charge is 0.476 e. The summed E-state index contributed by atoms with van der Waals surface area (Å²) in [4.78, 5) is 21.2. The van der Waals surface area contributed by atoms with Crippen molar-refractivity contribution in [2.75, 3.05) is 0 Å². The third-order valence-electron chi connectivity index (χ3n) is 2.43. The second kappa shape index (κ2) is 4.08. The Balaban J connectivity index is 3.35. The van der Waals surface area contributed by atoms with Crippen LogP contribution in [0.15, 0.2) is 30.3 Å². The standard InChI is InChI=1S/C10H11NO4/c1-2-10(9(12)13,11(14)15)8-6-4-3-5-7-8/h3-7H,2H2,1H3,(H,12,13). The molecule has 0 aromatic heterocycles. The van der Waals surface area contributed by atoms with Gasteiger partial charge in [0.05, 0.1) is 0 Å². The lowest BCUT2D eigenvalue weighted by molar-refractivity contribution is -0.564. The summed E-state index contributed by atoms with van der Waals surface area (Å²) in [5.41, 5.74) is -1.83. The van der Waals surface area contributed by atoms with Crippen molar-refractivity contribution in [3.05, 3.63) is 46.0 Å². The monoisotopic (exact) mass is 209 g/mol. The van der Waals surface area contributed by atoms with Gasteiger partial charge >= 0.3 is 11.5 Å². The molecule has 15 heavy (non-hydrogen) atoms. The molecule has 1 N–H and O–H groups in total. The molecule has 1 aromatic rings. The third kappa shape index (κ3) is 1.68. The Hall–Kier alpha value is -1.91. The molecule has 1 atom stereocenters. The lowest BCUT2D eigenvalue weighted by Crippen LogP contribution is -2.42. The van der Waals surface area contributed by atoms with Gasteiger partial charge in [0.25, 0.3) is 0 Å². The van der Waals surface area contributed by atoms with E-state index in [1.807, 2.05) is 0 Å². The van der Waals surface area contributed by atoms with Crippen LogP contribution in [0, 0.1) is 10.1 Å². The quantitative estimate of drug-likeness (QED) is 0.604. The molecule has 0 saturated carbocycles. The summed E-state index contributed by atoms with van der Waals surface area (Å²) >= 11 is 0. The molecule has 5 heteroatoms. The fourth-order valence-corrected chi connectivity index (χ4v) is 1.51. The highest BCUT2D eigenvalue weighted by Gasteiger charge is 2.51. The van der Waals surface area contributed by atoms with Crippen LogP contribution < -0.4 is 0 Å². The van der Waals surface area contributed by atoms with E-state index in [4.69, 9.17) is 5.11 Å². The average molecular weight is 209 g/mol. The van der Waals surface area contributed by atoms with E-state index < -0.39 is 16.4 Å².